The number of methoxy groups -OCH3 is 1. The van der Waals surface area contributed by atoms with Gasteiger partial charge in [0.05, 0.1) is 25.2 Å². The lowest BCUT2D eigenvalue weighted by Crippen LogP contribution is -2.45. The first kappa shape index (κ1) is 18.1. The van der Waals surface area contributed by atoms with Crippen LogP contribution in [0.15, 0.2) is 54.9 Å². The van der Waals surface area contributed by atoms with Crippen molar-refractivity contribution in [2.24, 2.45) is 0 Å². The van der Waals surface area contributed by atoms with Crippen molar-refractivity contribution in [2.45, 2.75) is 25.1 Å². The molecule has 1 aromatic heterocycles. The Kier molecular flexibility index (Phi) is 4.99. The second kappa shape index (κ2) is 7.74. The molecule has 7 heteroatoms. The van der Waals surface area contributed by atoms with Gasteiger partial charge in [0.2, 0.25) is 0 Å². The number of ether oxygens (including phenoxy) is 2. The van der Waals surface area contributed by atoms with Crippen LogP contribution in [-0.2, 0) is 17.8 Å². The van der Waals surface area contributed by atoms with Crippen molar-refractivity contribution in [1.29, 1.82) is 0 Å². The third kappa shape index (κ3) is 3.57. The quantitative estimate of drug-likeness (QED) is 0.609. The van der Waals surface area contributed by atoms with Gasteiger partial charge < -0.3 is 19.6 Å². The van der Waals surface area contributed by atoms with Gasteiger partial charge in [-0.25, -0.2) is 4.98 Å². The lowest BCUT2D eigenvalue weighted by atomic mass is 9.94. The van der Waals surface area contributed by atoms with Crippen LogP contribution in [0.4, 0.5) is 0 Å². The standard InChI is InChI=1S/C21H21N3O4/c1-27-17-8-7-14(9-18(17)28-11-13-5-3-2-4-6-13)19-20-15(22-12-23-20)10-16(24-19)21(25)26/h2-9,12,16,19,24H,10-11H2,1H3,(H,22,23)(H,25,26)/t16-,19-/m0/s1. The highest BCUT2D eigenvalue weighted by atomic mass is 16.5. The van der Waals surface area contributed by atoms with E-state index < -0.39 is 12.0 Å². The number of carbonyl (C=O) groups is 1. The summed E-state index contributed by atoms with van der Waals surface area (Å²) >= 11 is 0. The number of aliphatic carboxylic acids is 1. The molecule has 1 aliphatic heterocycles. The average Bonchev–Trinajstić information content (AvgIpc) is 3.21. The summed E-state index contributed by atoms with van der Waals surface area (Å²) in [4.78, 5) is 19.0. The molecule has 0 bridgehead atoms. The SMILES string of the molecule is COc1ccc([C@@H]2N[C@H](C(=O)O)Cc3[nH]cnc32)cc1OCc1ccccc1. The van der Waals surface area contributed by atoms with Crippen LogP contribution in [0.25, 0.3) is 0 Å². The Morgan fingerprint density at radius 1 is 1.21 bits per heavy atom. The lowest BCUT2D eigenvalue weighted by Gasteiger charge is -2.28. The highest BCUT2D eigenvalue weighted by molar-refractivity contribution is 5.74. The largest absolute Gasteiger partial charge is 0.493 e. The Labute approximate surface area is 162 Å². The summed E-state index contributed by atoms with van der Waals surface area (Å²) in [5.41, 5.74) is 3.55. The average molecular weight is 379 g/mol. The maximum atomic E-state index is 11.5. The number of imidazole rings is 1. The Hall–Kier alpha value is -3.32. The first-order valence-electron chi connectivity index (χ1n) is 9.01. The van der Waals surface area contributed by atoms with E-state index in [1.165, 1.54) is 0 Å². The Morgan fingerprint density at radius 3 is 2.79 bits per heavy atom. The number of benzene rings is 2. The zero-order valence-corrected chi connectivity index (χ0v) is 15.4. The second-order valence-corrected chi connectivity index (χ2v) is 6.65. The highest BCUT2D eigenvalue weighted by Crippen LogP contribution is 2.35. The zero-order chi connectivity index (χ0) is 19.5. The minimum atomic E-state index is -0.890. The molecule has 3 aromatic rings. The molecule has 1 aliphatic rings. The lowest BCUT2D eigenvalue weighted by molar-refractivity contribution is -0.139. The number of carboxylic acid groups (broad SMARTS) is 1. The number of H-pyrrole nitrogens is 1. The van der Waals surface area contributed by atoms with Crippen molar-refractivity contribution < 1.29 is 19.4 Å². The molecule has 2 heterocycles. The summed E-state index contributed by atoms with van der Waals surface area (Å²) in [6, 6.07) is 14.4. The minimum absolute atomic E-state index is 0.346. The normalized spacial score (nSPS) is 18.3. The molecular weight excluding hydrogens is 358 g/mol. The molecule has 0 unspecified atom stereocenters. The summed E-state index contributed by atoms with van der Waals surface area (Å²) < 4.78 is 11.4. The van der Waals surface area contributed by atoms with Crippen LogP contribution < -0.4 is 14.8 Å². The fraction of sp³-hybridized carbons (Fsp3) is 0.238. The predicted octanol–water partition coefficient (Wildman–Crippen LogP) is 2.69. The first-order valence-corrected chi connectivity index (χ1v) is 9.01. The van der Waals surface area contributed by atoms with Crippen molar-refractivity contribution in [3.8, 4) is 11.5 Å². The van der Waals surface area contributed by atoms with Crippen molar-refractivity contribution in [3.63, 3.8) is 0 Å². The van der Waals surface area contributed by atoms with Gasteiger partial charge in [-0.3, -0.25) is 10.1 Å². The topological polar surface area (TPSA) is 96.5 Å². The number of aromatic amines is 1. The van der Waals surface area contributed by atoms with Gasteiger partial charge in [-0.2, -0.15) is 0 Å². The molecule has 2 aromatic carbocycles. The van der Waals surface area contributed by atoms with Crippen molar-refractivity contribution >= 4 is 5.97 Å². The maximum Gasteiger partial charge on any atom is 0.321 e. The summed E-state index contributed by atoms with van der Waals surface area (Å²) in [6.07, 6.45) is 1.97. The van der Waals surface area contributed by atoms with Crippen LogP contribution in [-0.4, -0.2) is 34.2 Å². The van der Waals surface area contributed by atoms with Crippen molar-refractivity contribution in [3.05, 3.63) is 77.4 Å². The molecular formula is C21H21N3O4. The molecule has 0 aliphatic carbocycles. The van der Waals surface area contributed by atoms with E-state index >= 15 is 0 Å². The molecule has 28 heavy (non-hydrogen) atoms. The van der Waals surface area contributed by atoms with Gasteiger partial charge in [0, 0.05) is 12.1 Å². The van der Waals surface area contributed by atoms with Gasteiger partial charge in [0.15, 0.2) is 11.5 Å². The number of aromatic nitrogens is 2. The van der Waals surface area contributed by atoms with Crippen LogP contribution in [0.5, 0.6) is 11.5 Å². The fourth-order valence-corrected chi connectivity index (χ4v) is 3.42. The van der Waals surface area contributed by atoms with E-state index in [4.69, 9.17) is 9.47 Å². The van der Waals surface area contributed by atoms with Gasteiger partial charge in [0.1, 0.15) is 12.6 Å². The Balaban J connectivity index is 1.64. The molecule has 7 nitrogen and oxygen atoms in total. The maximum absolute atomic E-state index is 11.5. The van der Waals surface area contributed by atoms with E-state index in [1.807, 2.05) is 48.5 Å². The molecule has 3 N–H and O–H groups in total. The van der Waals surface area contributed by atoms with Gasteiger partial charge in [-0.1, -0.05) is 36.4 Å². The number of hydrogen-bond donors (Lipinski definition) is 3. The van der Waals surface area contributed by atoms with E-state index in [-0.39, 0.29) is 6.04 Å². The molecule has 0 radical (unpaired) electrons. The Morgan fingerprint density at radius 2 is 2.04 bits per heavy atom. The van der Waals surface area contributed by atoms with Crippen LogP contribution in [0.2, 0.25) is 0 Å². The van der Waals surface area contributed by atoms with Gasteiger partial charge in [-0.15, -0.1) is 0 Å². The second-order valence-electron chi connectivity index (χ2n) is 6.65. The van der Waals surface area contributed by atoms with E-state index in [0.717, 1.165) is 22.5 Å². The number of carboxylic acids is 1. The molecule has 0 saturated carbocycles. The number of nitrogens with one attached hydrogen (secondary N) is 2. The molecule has 2 atom stereocenters. The molecule has 0 saturated heterocycles. The molecule has 0 amide bonds. The summed E-state index contributed by atoms with van der Waals surface area (Å²) in [6.45, 7) is 0.407. The van der Waals surface area contributed by atoms with Crippen LogP contribution in [0, 0.1) is 0 Å². The number of nitrogens with zero attached hydrogens (tertiary/aromatic N) is 1. The summed E-state index contributed by atoms with van der Waals surface area (Å²) in [5, 5.41) is 12.6. The van der Waals surface area contributed by atoms with Crippen LogP contribution in [0.1, 0.15) is 28.6 Å². The van der Waals surface area contributed by atoms with E-state index in [9.17, 15) is 9.90 Å². The minimum Gasteiger partial charge on any atom is -0.493 e. The van der Waals surface area contributed by atoms with Crippen LogP contribution >= 0.6 is 0 Å². The fourth-order valence-electron chi connectivity index (χ4n) is 3.42. The molecule has 144 valence electrons. The van der Waals surface area contributed by atoms with Gasteiger partial charge >= 0.3 is 5.97 Å². The van der Waals surface area contributed by atoms with Crippen LogP contribution in [0.3, 0.4) is 0 Å². The molecule has 0 spiro atoms. The Bertz CT molecular complexity index is 971. The van der Waals surface area contributed by atoms with E-state index in [0.29, 0.717) is 24.5 Å². The summed E-state index contributed by atoms with van der Waals surface area (Å²) in [5.74, 6) is 0.326. The van der Waals surface area contributed by atoms with E-state index in [2.05, 4.69) is 15.3 Å². The molecule has 4 rings (SSSR count). The third-order valence-electron chi connectivity index (χ3n) is 4.86. The zero-order valence-electron chi connectivity index (χ0n) is 15.4. The number of fused-ring (bicyclic) bond motifs is 1. The van der Waals surface area contributed by atoms with E-state index in [1.54, 1.807) is 13.4 Å². The monoisotopic (exact) mass is 379 g/mol. The van der Waals surface area contributed by atoms with Gasteiger partial charge in [0.25, 0.3) is 0 Å². The highest BCUT2D eigenvalue weighted by Gasteiger charge is 2.33. The van der Waals surface area contributed by atoms with Gasteiger partial charge in [-0.05, 0) is 23.3 Å². The summed E-state index contributed by atoms with van der Waals surface area (Å²) in [7, 11) is 1.59. The smallest absolute Gasteiger partial charge is 0.321 e. The first-order chi connectivity index (χ1) is 13.7. The molecule has 0 fully saturated rings. The predicted molar refractivity (Wildman–Crippen MR) is 102 cm³/mol. The number of hydrogen-bond acceptors (Lipinski definition) is 5. The number of rotatable bonds is 6. The van der Waals surface area contributed by atoms with Crippen molar-refractivity contribution in [2.75, 3.05) is 7.11 Å². The van der Waals surface area contributed by atoms with Crippen molar-refractivity contribution in [1.82, 2.24) is 15.3 Å². The third-order valence-corrected chi connectivity index (χ3v) is 4.86.